The van der Waals surface area contributed by atoms with Gasteiger partial charge in [-0.2, -0.15) is 0 Å². The van der Waals surface area contributed by atoms with Crippen molar-refractivity contribution in [1.29, 1.82) is 0 Å². The number of aliphatic hydroxyl groups excluding tert-OH is 1. The number of aliphatic hydroxyl groups is 1. The zero-order valence-corrected chi connectivity index (χ0v) is 10.5. The molecule has 0 atom stereocenters. The molecule has 0 aliphatic carbocycles. The highest BCUT2D eigenvalue weighted by Crippen LogP contribution is 2.01. The maximum atomic E-state index is 8.27. The van der Waals surface area contributed by atoms with Crippen LogP contribution in [0.25, 0.3) is 0 Å². The van der Waals surface area contributed by atoms with E-state index < -0.39 is 0 Å². The first-order valence-electron chi connectivity index (χ1n) is 5.47. The average molecular weight is 198 g/mol. The van der Waals surface area contributed by atoms with Crippen molar-refractivity contribution < 1.29 is 5.11 Å². The standard InChI is InChI=1S/C9H14O.2C2H6/c1-3-9(4-2)7-5-6-8-10;2*1-2/h3,5-8,10H,4H2,1-2H3;2*1-2H3/b7-5-,8-6+,9-3-;;. The molecule has 0 aliphatic rings. The fourth-order valence-corrected chi connectivity index (χ4v) is 0.647. The van der Waals surface area contributed by atoms with Gasteiger partial charge in [-0.25, -0.2) is 0 Å². The summed E-state index contributed by atoms with van der Waals surface area (Å²) < 4.78 is 0. The van der Waals surface area contributed by atoms with Gasteiger partial charge < -0.3 is 5.11 Å². The molecular formula is C13H26O. The molecule has 0 saturated heterocycles. The van der Waals surface area contributed by atoms with Crippen LogP contribution in [0, 0.1) is 0 Å². The molecule has 1 heteroatoms. The quantitative estimate of drug-likeness (QED) is 0.498. The highest BCUT2D eigenvalue weighted by Gasteiger charge is 1.80. The predicted molar refractivity (Wildman–Crippen MR) is 67.7 cm³/mol. The molecule has 0 aromatic carbocycles. The molecule has 1 nitrogen and oxygen atoms in total. The Morgan fingerprint density at radius 3 is 1.86 bits per heavy atom. The van der Waals surface area contributed by atoms with Crippen LogP contribution in [0.4, 0.5) is 0 Å². The van der Waals surface area contributed by atoms with E-state index in [4.69, 9.17) is 5.11 Å². The molecule has 0 aromatic heterocycles. The van der Waals surface area contributed by atoms with Gasteiger partial charge in [0.15, 0.2) is 0 Å². The molecule has 0 radical (unpaired) electrons. The molecule has 14 heavy (non-hydrogen) atoms. The van der Waals surface area contributed by atoms with Crippen molar-refractivity contribution in [2.75, 3.05) is 0 Å². The Kier molecular flexibility index (Phi) is 30.4. The van der Waals surface area contributed by atoms with E-state index in [1.807, 2.05) is 46.8 Å². The van der Waals surface area contributed by atoms with Gasteiger partial charge in [-0.05, 0) is 19.4 Å². The number of hydrogen-bond acceptors (Lipinski definition) is 1. The van der Waals surface area contributed by atoms with E-state index in [-0.39, 0.29) is 0 Å². The molecule has 0 aromatic rings. The van der Waals surface area contributed by atoms with Crippen molar-refractivity contribution in [1.82, 2.24) is 0 Å². The lowest BCUT2D eigenvalue weighted by atomic mass is 10.2. The van der Waals surface area contributed by atoms with Gasteiger partial charge in [0.25, 0.3) is 0 Å². The monoisotopic (exact) mass is 198 g/mol. The third-order valence-corrected chi connectivity index (χ3v) is 1.29. The molecule has 0 amide bonds. The Balaban J connectivity index is -0.000000266. The van der Waals surface area contributed by atoms with Gasteiger partial charge in [0.1, 0.15) is 0 Å². The van der Waals surface area contributed by atoms with E-state index in [0.29, 0.717) is 0 Å². The van der Waals surface area contributed by atoms with Gasteiger partial charge in [0.05, 0.1) is 6.26 Å². The Morgan fingerprint density at radius 2 is 1.57 bits per heavy atom. The van der Waals surface area contributed by atoms with Crippen LogP contribution in [0.15, 0.2) is 36.1 Å². The van der Waals surface area contributed by atoms with Crippen molar-refractivity contribution >= 4 is 0 Å². The van der Waals surface area contributed by atoms with Crippen LogP contribution < -0.4 is 0 Å². The lowest BCUT2D eigenvalue weighted by Crippen LogP contribution is -1.70. The minimum atomic E-state index is 1.03. The van der Waals surface area contributed by atoms with E-state index in [1.165, 1.54) is 5.57 Å². The molecule has 0 spiro atoms. The lowest BCUT2D eigenvalue weighted by molar-refractivity contribution is 0.474. The molecule has 0 fully saturated rings. The SMILES string of the molecule is CC.CC.C\C=C(/C=C\C=C\O)CC. The normalized spacial score (nSPS) is 10.6. The average Bonchev–Trinajstić information content (AvgIpc) is 2.30. The number of allylic oxidation sites excluding steroid dienone is 5. The fraction of sp³-hybridized carbons (Fsp3) is 0.538. The second-order valence-electron chi connectivity index (χ2n) is 1.92. The first-order valence-corrected chi connectivity index (χ1v) is 5.47. The minimum Gasteiger partial charge on any atom is -0.516 e. The molecule has 1 N–H and O–H groups in total. The Labute approximate surface area is 89.9 Å². The summed E-state index contributed by atoms with van der Waals surface area (Å²) in [6.07, 6.45) is 9.51. The van der Waals surface area contributed by atoms with E-state index in [9.17, 15) is 0 Å². The van der Waals surface area contributed by atoms with Gasteiger partial charge in [-0.15, -0.1) is 0 Å². The summed E-state index contributed by atoms with van der Waals surface area (Å²) in [4.78, 5) is 0. The van der Waals surface area contributed by atoms with Crippen LogP contribution in [0.3, 0.4) is 0 Å². The highest BCUT2D eigenvalue weighted by atomic mass is 16.2. The molecule has 0 rings (SSSR count). The van der Waals surface area contributed by atoms with Crippen molar-refractivity contribution in [2.24, 2.45) is 0 Å². The van der Waals surface area contributed by atoms with Crippen molar-refractivity contribution in [2.45, 2.75) is 48.0 Å². The molecule has 0 bridgehead atoms. The number of hydrogen-bond donors (Lipinski definition) is 1. The summed E-state index contributed by atoms with van der Waals surface area (Å²) in [7, 11) is 0. The van der Waals surface area contributed by atoms with Gasteiger partial charge in [0, 0.05) is 0 Å². The summed E-state index contributed by atoms with van der Waals surface area (Å²) in [5.41, 5.74) is 1.28. The predicted octanol–water partition coefficient (Wildman–Crippen LogP) is 5.02. The Bertz CT molecular complexity index is 153. The summed E-state index contributed by atoms with van der Waals surface area (Å²) >= 11 is 0. The fourth-order valence-electron chi connectivity index (χ4n) is 0.647. The molecule has 0 unspecified atom stereocenters. The third-order valence-electron chi connectivity index (χ3n) is 1.29. The molecule has 84 valence electrons. The zero-order chi connectivity index (χ0) is 11.8. The molecule has 0 heterocycles. The van der Waals surface area contributed by atoms with Gasteiger partial charge in [-0.1, -0.05) is 58.4 Å². The Hall–Kier alpha value is -0.980. The maximum Gasteiger partial charge on any atom is 0.0791 e. The van der Waals surface area contributed by atoms with Crippen LogP contribution in [-0.4, -0.2) is 5.11 Å². The summed E-state index contributed by atoms with van der Waals surface area (Å²) in [6.45, 7) is 12.1. The van der Waals surface area contributed by atoms with Gasteiger partial charge in [-0.3, -0.25) is 0 Å². The van der Waals surface area contributed by atoms with Crippen LogP contribution in [0.1, 0.15) is 48.0 Å². The molecular weight excluding hydrogens is 172 g/mol. The molecule has 0 saturated carbocycles. The lowest BCUT2D eigenvalue weighted by Gasteiger charge is -1.90. The first kappa shape index (κ1) is 18.7. The molecule has 0 aliphatic heterocycles. The minimum absolute atomic E-state index is 1.03. The second kappa shape index (κ2) is 22.7. The van der Waals surface area contributed by atoms with Crippen molar-refractivity contribution in [3.63, 3.8) is 0 Å². The smallest absolute Gasteiger partial charge is 0.0791 e. The second-order valence-corrected chi connectivity index (χ2v) is 1.92. The van der Waals surface area contributed by atoms with Crippen molar-refractivity contribution in [3.8, 4) is 0 Å². The largest absolute Gasteiger partial charge is 0.516 e. The van der Waals surface area contributed by atoms with Crippen LogP contribution in [0.5, 0.6) is 0 Å². The first-order chi connectivity index (χ1) is 6.85. The topological polar surface area (TPSA) is 20.2 Å². The third kappa shape index (κ3) is 17.2. The van der Waals surface area contributed by atoms with E-state index in [1.54, 1.807) is 6.08 Å². The van der Waals surface area contributed by atoms with Gasteiger partial charge >= 0.3 is 0 Å². The summed E-state index contributed by atoms with van der Waals surface area (Å²) in [6, 6.07) is 0. The van der Waals surface area contributed by atoms with Gasteiger partial charge in [0.2, 0.25) is 0 Å². The summed E-state index contributed by atoms with van der Waals surface area (Å²) in [5.74, 6) is 0. The van der Waals surface area contributed by atoms with Crippen LogP contribution >= 0.6 is 0 Å². The van der Waals surface area contributed by atoms with E-state index in [2.05, 4.69) is 13.0 Å². The number of rotatable bonds is 3. The van der Waals surface area contributed by atoms with E-state index >= 15 is 0 Å². The zero-order valence-electron chi connectivity index (χ0n) is 10.5. The summed E-state index contributed by atoms with van der Waals surface area (Å²) in [5, 5.41) is 8.27. The maximum absolute atomic E-state index is 8.27. The van der Waals surface area contributed by atoms with E-state index in [0.717, 1.165) is 12.7 Å². The highest BCUT2D eigenvalue weighted by molar-refractivity contribution is 5.20. The van der Waals surface area contributed by atoms with Crippen LogP contribution in [-0.2, 0) is 0 Å². The van der Waals surface area contributed by atoms with Crippen LogP contribution in [0.2, 0.25) is 0 Å². The van der Waals surface area contributed by atoms with Crippen molar-refractivity contribution in [3.05, 3.63) is 36.1 Å². The Morgan fingerprint density at radius 1 is 1.07 bits per heavy atom.